The van der Waals surface area contributed by atoms with Crippen LogP contribution in [0.25, 0.3) is 12.2 Å². The molecule has 0 aromatic heterocycles. The number of likely N-dealkylation sites (tertiary alicyclic amines) is 1. The second-order valence-electron chi connectivity index (χ2n) is 10.7. The molecule has 0 aliphatic carbocycles. The molecule has 41 heavy (non-hydrogen) atoms. The zero-order valence-electron chi connectivity index (χ0n) is 24.8. The summed E-state index contributed by atoms with van der Waals surface area (Å²) in [6.07, 6.45) is 6.01. The molecule has 1 fully saturated rings. The molecule has 1 heterocycles. The Morgan fingerprint density at radius 1 is 0.707 bits per heavy atom. The van der Waals surface area contributed by atoms with E-state index in [4.69, 9.17) is 23.7 Å². The Labute approximate surface area is 241 Å². The van der Waals surface area contributed by atoms with Crippen molar-refractivity contribution in [3.05, 3.63) is 59.7 Å². The molecule has 0 N–H and O–H groups in total. The summed E-state index contributed by atoms with van der Waals surface area (Å²) < 4.78 is 26.8. The standard InChI is InChI=1S/C32H39NO8/c1-31(2,3)41-30(36)33-18-16-32(17-19-33,28(34)14-10-22-8-12-24(37-4)26(20-22)39-6)29(35)15-11-23-9-13-25(38-5)27(21-23)40-7/h8-15,20-21H,16-19H2,1-7H3/b14-10+,15-11+. The maximum Gasteiger partial charge on any atom is 0.410 e. The zero-order chi connectivity index (χ0) is 30.2. The fourth-order valence-electron chi connectivity index (χ4n) is 4.59. The van der Waals surface area contributed by atoms with Gasteiger partial charge in [-0.15, -0.1) is 0 Å². The average molecular weight is 566 g/mol. The van der Waals surface area contributed by atoms with E-state index in [1.165, 1.54) is 26.4 Å². The molecule has 0 spiro atoms. The topological polar surface area (TPSA) is 101 Å². The third kappa shape index (κ3) is 7.68. The molecule has 9 nitrogen and oxygen atoms in total. The van der Waals surface area contributed by atoms with Crippen LogP contribution in [-0.4, -0.2) is 69.7 Å². The second-order valence-corrected chi connectivity index (χ2v) is 10.7. The van der Waals surface area contributed by atoms with Crippen molar-refractivity contribution in [2.75, 3.05) is 41.5 Å². The van der Waals surface area contributed by atoms with E-state index >= 15 is 0 Å². The van der Waals surface area contributed by atoms with Gasteiger partial charge in [0.25, 0.3) is 0 Å². The first kappa shape index (κ1) is 31.3. The Kier molecular flexibility index (Phi) is 10.2. The van der Waals surface area contributed by atoms with Gasteiger partial charge in [-0.25, -0.2) is 4.79 Å². The van der Waals surface area contributed by atoms with E-state index in [1.807, 2.05) is 0 Å². The number of piperidine rings is 1. The monoisotopic (exact) mass is 565 g/mol. The molecule has 0 radical (unpaired) electrons. The highest BCUT2D eigenvalue weighted by Gasteiger charge is 2.46. The Morgan fingerprint density at radius 2 is 1.12 bits per heavy atom. The van der Waals surface area contributed by atoms with Gasteiger partial charge in [-0.2, -0.15) is 0 Å². The number of carbonyl (C=O) groups is 3. The van der Waals surface area contributed by atoms with E-state index in [1.54, 1.807) is 88.4 Å². The van der Waals surface area contributed by atoms with Crippen LogP contribution in [0.15, 0.2) is 48.6 Å². The van der Waals surface area contributed by atoms with Gasteiger partial charge in [0.2, 0.25) is 0 Å². The van der Waals surface area contributed by atoms with Gasteiger partial charge in [0.15, 0.2) is 34.6 Å². The van der Waals surface area contributed by atoms with Gasteiger partial charge in [-0.1, -0.05) is 24.3 Å². The number of amides is 1. The van der Waals surface area contributed by atoms with Crippen molar-refractivity contribution in [2.45, 2.75) is 39.2 Å². The second kappa shape index (κ2) is 13.4. The van der Waals surface area contributed by atoms with Gasteiger partial charge in [-0.05, 0) is 81.2 Å². The first-order valence-electron chi connectivity index (χ1n) is 13.3. The number of rotatable bonds is 10. The zero-order valence-corrected chi connectivity index (χ0v) is 24.8. The van der Waals surface area contributed by atoms with Crippen LogP contribution in [-0.2, 0) is 14.3 Å². The van der Waals surface area contributed by atoms with Crippen LogP contribution in [0.4, 0.5) is 4.79 Å². The summed E-state index contributed by atoms with van der Waals surface area (Å²) in [5, 5.41) is 0. The summed E-state index contributed by atoms with van der Waals surface area (Å²) in [4.78, 5) is 41.7. The van der Waals surface area contributed by atoms with Crippen molar-refractivity contribution in [1.29, 1.82) is 0 Å². The van der Waals surface area contributed by atoms with Crippen LogP contribution in [0.2, 0.25) is 0 Å². The van der Waals surface area contributed by atoms with E-state index in [0.717, 1.165) is 0 Å². The van der Waals surface area contributed by atoms with Crippen LogP contribution < -0.4 is 18.9 Å². The first-order chi connectivity index (χ1) is 19.5. The third-order valence-electron chi connectivity index (χ3n) is 6.88. The van der Waals surface area contributed by atoms with Crippen molar-refractivity contribution in [3.63, 3.8) is 0 Å². The fourth-order valence-corrected chi connectivity index (χ4v) is 4.59. The number of allylic oxidation sites excluding steroid dienone is 2. The Balaban J connectivity index is 1.89. The normalized spacial score (nSPS) is 15.0. The minimum Gasteiger partial charge on any atom is -0.493 e. The van der Waals surface area contributed by atoms with Crippen molar-refractivity contribution in [1.82, 2.24) is 4.90 Å². The van der Waals surface area contributed by atoms with E-state index in [0.29, 0.717) is 34.1 Å². The Hall–Kier alpha value is -4.27. The van der Waals surface area contributed by atoms with Crippen LogP contribution in [0.3, 0.4) is 0 Å². The molecule has 2 aromatic rings. The number of methoxy groups -OCH3 is 4. The highest BCUT2D eigenvalue weighted by molar-refractivity contribution is 6.17. The number of ketones is 2. The van der Waals surface area contributed by atoms with Crippen molar-refractivity contribution < 1.29 is 38.1 Å². The van der Waals surface area contributed by atoms with E-state index in [-0.39, 0.29) is 37.5 Å². The van der Waals surface area contributed by atoms with Gasteiger partial charge in [0.1, 0.15) is 5.60 Å². The Bertz CT molecular complexity index is 1230. The lowest BCUT2D eigenvalue weighted by Gasteiger charge is -2.39. The average Bonchev–Trinajstić information content (AvgIpc) is 2.97. The number of benzene rings is 2. The molecule has 0 atom stereocenters. The Morgan fingerprint density at radius 3 is 1.49 bits per heavy atom. The smallest absolute Gasteiger partial charge is 0.410 e. The molecule has 1 amide bonds. The van der Waals surface area contributed by atoms with Crippen LogP contribution in [0.5, 0.6) is 23.0 Å². The summed E-state index contributed by atoms with van der Waals surface area (Å²) in [6.45, 7) is 5.81. The van der Waals surface area contributed by atoms with Crippen LogP contribution in [0.1, 0.15) is 44.7 Å². The van der Waals surface area contributed by atoms with Gasteiger partial charge >= 0.3 is 6.09 Å². The van der Waals surface area contributed by atoms with Crippen molar-refractivity contribution in [3.8, 4) is 23.0 Å². The van der Waals surface area contributed by atoms with Crippen LogP contribution in [0, 0.1) is 5.41 Å². The highest BCUT2D eigenvalue weighted by Crippen LogP contribution is 2.37. The number of hydrogen-bond donors (Lipinski definition) is 0. The third-order valence-corrected chi connectivity index (χ3v) is 6.88. The molecule has 220 valence electrons. The molecular formula is C32H39NO8. The van der Waals surface area contributed by atoms with Crippen molar-refractivity contribution >= 4 is 29.8 Å². The summed E-state index contributed by atoms with van der Waals surface area (Å²) in [5.41, 5.74) is -0.559. The molecule has 1 aliphatic rings. The molecule has 1 saturated heterocycles. The van der Waals surface area contributed by atoms with Crippen LogP contribution >= 0.6 is 0 Å². The quantitative estimate of drug-likeness (QED) is 0.271. The minimum atomic E-state index is -1.33. The molecular weight excluding hydrogens is 526 g/mol. The molecule has 0 unspecified atom stereocenters. The maximum atomic E-state index is 13.7. The van der Waals surface area contributed by atoms with E-state index in [2.05, 4.69) is 0 Å². The molecule has 1 aliphatic heterocycles. The van der Waals surface area contributed by atoms with Gasteiger partial charge in [0, 0.05) is 13.1 Å². The number of nitrogens with zero attached hydrogens (tertiary/aromatic N) is 1. The molecule has 2 aromatic carbocycles. The lowest BCUT2D eigenvalue weighted by molar-refractivity contribution is -0.138. The fraction of sp³-hybridized carbons (Fsp3) is 0.406. The number of hydrogen-bond acceptors (Lipinski definition) is 8. The highest BCUT2D eigenvalue weighted by atomic mass is 16.6. The minimum absolute atomic E-state index is 0.163. The lowest BCUT2D eigenvalue weighted by atomic mass is 9.71. The maximum absolute atomic E-state index is 13.7. The van der Waals surface area contributed by atoms with E-state index in [9.17, 15) is 14.4 Å². The predicted molar refractivity (Wildman–Crippen MR) is 157 cm³/mol. The SMILES string of the molecule is COc1ccc(/C=C/C(=O)C2(C(=O)/C=C/c3ccc(OC)c(OC)c3)CCN(C(=O)OC(C)(C)C)CC2)cc1OC. The van der Waals surface area contributed by atoms with E-state index < -0.39 is 17.1 Å². The number of carbonyl (C=O) groups excluding carboxylic acids is 3. The molecule has 3 rings (SSSR count). The summed E-state index contributed by atoms with van der Waals surface area (Å²) in [6, 6.07) is 10.6. The van der Waals surface area contributed by atoms with Gasteiger partial charge in [-0.3, -0.25) is 9.59 Å². The molecule has 0 saturated carbocycles. The molecule has 9 heteroatoms. The van der Waals surface area contributed by atoms with Gasteiger partial charge < -0.3 is 28.6 Å². The number of ether oxygens (including phenoxy) is 5. The van der Waals surface area contributed by atoms with Crippen molar-refractivity contribution in [2.24, 2.45) is 5.41 Å². The first-order valence-corrected chi connectivity index (χ1v) is 13.3. The summed E-state index contributed by atoms with van der Waals surface area (Å²) in [7, 11) is 6.16. The lowest BCUT2D eigenvalue weighted by Crippen LogP contribution is -2.50. The molecule has 0 bridgehead atoms. The largest absolute Gasteiger partial charge is 0.493 e. The predicted octanol–water partition coefficient (Wildman–Crippen LogP) is 5.60. The summed E-state index contributed by atoms with van der Waals surface area (Å²) >= 11 is 0. The van der Waals surface area contributed by atoms with Gasteiger partial charge in [0.05, 0.1) is 33.9 Å². The summed E-state index contributed by atoms with van der Waals surface area (Å²) in [5.74, 6) is 1.51.